The summed E-state index contributed by atoms with van der Waals surface area (Å²) in [5.41, 5.74) is 20.6. The minimum atomic E-state index is -5.08. The van der Waals surface area contributed by atoms with E-state index in [1.165, 1.54) is 0 Å². The molecule has 0 aliphatic rings. The maximum atomic E-state index is 10.6. The van der Waals surface area contributed by atoms with Crippen LogP contribution in [0.4, 0.5) is 105 Å². The van der Waals surface area contributed by atoms with E-state index in [1.807, 2.05) is 60.7 Å². The molecule has 56 heteroatoms. The van der Waals surface area contributed by atoms with Crippen LogP contribution >= 0.6 is 0 Å². The standard InChI is InChI=1S/C56H34N16.8C2HF3O2/c1-2-6-34-33(5-1)57-49(58-34)51-61-37-15-9-27(21-43(37)67-51)29-11-17-39-45(23-29)69-53(63-39)55-65-41-19-13-31(25-47(41)71-55)32-14-20-42-48(26-32)72-56(66-42)54-64-40-18-12-30(24-46(40)70-54)28-10-16-38-44(22-28)68-52(62-38)50-59-35-7-3-4-8-36(35)60-50;8*3-2(4,5)1(6)7/h1-26H,(H,57,58)(H,59,60)(H,61,67)(H,62,68)(H,63,69)(H,64,70)(H,65,71)(H,66,72);8*(H,6,7). The third kappa shape index (κ3) is 25.9. The van der Waals surface area contributed by atoms with Gasteiger partial charge in [0.2, 0.25) is 0 Å². The maximum Gasteiger partial charge on any atom is 0.490 e. The molecular weight excluding hydrogens is 1800 g/mol. The normalized spacial score (nSPS) is 11.8. The van der Waals surface area contributed by atoms with E-state index in [0.29, 0.717) is 46.6 Å². The fourth-order valence-electron chi connectivity index (χ4n) is 9.92. The highest BCUT2D eigenvalue weighted by atomic mass is 19.4. The molecule has 0 aliphatic carbocycles. The second kappa shape index (κ2) is 37.7. The fourth-order valence-corrected chi connectivity index (χ4v) is 9.92. The molecule has 674 valence electrons. The van der Waals surface area contributed by atoms with E-state index in [-0.39, 0.29) is 0 Å². The summed E-state index contributed by atoms with van der Waals surface area (Å²) >= 11 is 0. The number of aromatic amines is 8. The molecule has 0 bridgehead atoms. The number of carboxylic acids is 8. The van der Waals surface area contributed by atoms with Crippen LogP contribution in [0.15, 0.2) is 158 Å². The molecule has 0 fully saturated rings. The highest BCUT2D eigenvalue weighted by Crippen LogP contribution is 2.35. The Labute approximate surface area is 685 Å². The number of rotatable bonds is 7. The van der Waals surface area contributed by atoms with Gasteiger partial charge in [0.25, 0.3) is 0 Å². The van der Waals surface area contributed by atoms with Gasteiger partial charge >= 0.3 is 97.2 Å². The highest BCUT2D eigenvalue weighted by molar-refractivity contribution is 5.94. The van der Waals surface area contributed by atoms with Crippen LogP contribution in [0.25, 0.3) is 168 Å². The predicted octanol–water partition coefficient (Wildman–Crippen LogP) is 17.4. The third-order valence-electron chi connectivity index (χ3n) is 15.5. The lowest BCUT2D eigenvalue weighted by atomic mass is 10.0. The topological polar surface area (TPSA) is 528 Å². The Morgan fingerprint density at radius 2 is 0.312 bits per heavy atom. The molecule has 0 saturated heterocycles. The van der Waals surface area contributed by atoms with E-state index >= 15 is 0 Å². The number of aromatic nitrogens is 16. The van der Waals surface area contributed by atoms with Crippen molar-refractivity contribution in [2.24, 2.45) is 0 Å². The number of hydrogen-bond acceptors (Lipinski definition) is 16. The molecular formula is C72H42F24N16O16. The van der Waals surface area contributed by atoms with Crippen molar-refractivity contribution in [3.05, 3.63) is 158 Å². The Balaban J connectivity index is 0.000000293. The lowest BCUT2D eigenvalue weighted by molar-refractivity contribution is -0.193. The number of nitrogens with one attached hydrogen (secondary N) is 8. The first-order chi connectivity index (χ1) is 59.0. The maximum absolute atomic E-state index is 10.6. The Kier molecular flexibility index (Phi) is 28.6. The van der Waals surface area contributed by atoms with Gasteiger partial charge < -0.3 is 80.7 Å². The van der Waals surface area contributed by atoms with Gasteiger partial charge in [0, 0.05) is 0 Å². The van der Waals surface area contributed by atoms with Gasteiger partial charge in [0.15, 0.2) is 46.6 Å². The molecule has 0 radical (unpaired) electrons. The molecule has 8 heterocycles. The molecule has 8 aromatic carbocycles. The Hall–Kier alpha value is -16.4. The summed E-state index contributed by atoms with van der Waals surface area (Å²) in [6.07, 6.45) is -40.7. The van der Waals surface area contributed by atoms with Crippen molar-refractivity contribution in [1.82, 2.24) is 79.7 Å². The van der Waals surface area contributed by atoms with Crippen LogP contribution in [0.3, 0.4) is 0 Å². The number of carbonyl (C=O) groups is 8. The largest absolute Gasteiger partial charge is 0.490 e. The van der Waals surface area contributed by atoms with Crippen LogP contribution in [0.2, 0.25) is 0 Å². The van der Waals surface area contributed by atoms with Gasteiger partial charge in [-0.15, -0.1) is 0 Å². The van der Waals surface area contributed by atoms with Gasteiger partial charge in [-0.2, -0.15) is 105 Å². The Morgan fingerprint density at radius 1 is 0.180 bits per heavy atom. The molecule has 0 amide bonds. The number of fused-ring (bicyclic) bond motifs is 8. The first kappa shape index (κ1) is 97.1. The van der Waals surface area contributed by atoms with Crippen LogP contribution in [0, 0.1) is 0 Å². The zero-order valence-electron chi connectivity index (χ0n) is 61.5. The number of para-hydroxylation sites is 4. The molecule has 8 aromatic heterocycles. The SMILES string of the molecule is O=C(O)C(F)(F)F.O=C(O)C(F)(F)F.O=C(O)C(F)(F)F.O=C(O)C(F)(F)F.O=C(O)C(F)(F)F.O=C(O)C(F)(F)F.O=C(O)C(F)(F)F.O=C(O)C(F)(F)F.c1ccc2[nH]c(-c3nc4cc(-c5ccc6[nH]c(-c7nc8ccc(-c9ccc%10nc(-c%11nc%12cc(-c%13ccc%14[nH]c(-c%15nc%16ccccc%16[nH]%15)nc%14c%13)ccc%12[nH]%11)[nH]c%10c9)cc8[nH]7)nc6c5)ccc4[nH]3)nc2c1. The quantitative estimate of drug-likeness (QED) is 0.0659. The average Bonchev–Trinajstić information content (AvgIpc) is 1.63. The number of nitrogens with zero attached hydrogens (tertiary/aromatic N) is 8. The van der Waals surface area contributed by atoms with Crippen LogP contribution in [0.1, 0.15) is 0 Å². The molecule has 0 atom stereocenters. The van der Waals surface area contributed by atoms with Crippen LogP contribution in [-0.4, -0.2) is 218 Å². The number of carboxylic acid groups (broad SMARTS) is 8. The van der Waals surface area contributed by atoms with Crippen molar-refractivity contribution >= 4 is 136 Å². The smallest absolute Gasteiger partial charge is 0.475 e. The lowest BCUT2D eigenvalue weighted by Crippen LogP contribution is -2.21. The van der Waals surface area contributed by atoms with Gasteiger partial charge in [0.1, 0.15) is 0 Å². The molecule has 16 rings (SSSR count). The second-order valence-electron chi connectivity index (χ2n) is 24.5. The predicted molar refractivity (Wildman–Crippen MR) is 391 cm³/mol. The first-order valence-corrected chi connectivity index (χ1v) is 33.4. The van der Waals surface area contributed by atoms with Gasteiger partial charge in [0.05, 0.1) is 88.3 Å². The van der Waals surface area contributed by atoms with Crippen LogP contribution in [0.5, 0.6) is 0 Å². The minimum absolute atomic E-state index is 0.662. The van der Waals surface area contributed by atoms with Gasteiger partial charge in [-0.05, 0) is 130 Å². The van der Waals surface area contributed by atoms with Gasteiger partial charge in [-0.1, -0.05) is 60.7 Å². The number of halogens is 24. The number of imidazole rings is 8. The monoisotopic (exact) mass is 1840 g/mol. The summed E-state index contributed by atoms with van der Waals surface area (Å²) in [6, 6.07) is 53.4. The molecule has 0 spiro atoms. The molecule has 16 N–H and O–H groups in total. The van der Waals surface area contributed by atoms with E-state index in [4.69, 9.17) is 119 Å². The highest BCUT2D eigenvalue weighted by Gasteiger charge is 2.43. The second-order valence-corrected chi connectivity index (χ2v) is 24.5. The number of benzene rings is 8. The van der Waals surface area contributed by atoms with Gasteiger partial charge in [-0.3, -0.25) is 0 Å². The number of aliphatic carboxylic acids is 8. The Bertz CT molecular complexity index is 6150. The number of H-pyrrole nitrogens is 8. The van der Waals surface area contributed by atoms with Crippen LogP contribution < -0.4 is 0 Å². The molecule has 32 nitrogen and oxygen atoms in total. The molecule has 0 aliphatic heterocycles. The minimum Gasteiger partial charge on any atom is -0.475 e. The molecule has 0 saturated carbocycles. The van der Waals surface area contributed by atoms with Crippen molar-refractivity contribution in [2.75, 3.05) is 0 Å². The van der Waals surface area contributed by atoms with Crippen molar-refractivity contribution in [3.8, 4) is 80.0 Å². The summed E-state index contributed by atoms with van der Waals surface area (Å²) in [6.45, 7) is 0. The van der Waals surface area contributed by atoms with Crippen molar-refractivity contribution in [1.29, 1.82) is 0 Å². The third-order valence-corrected chi connectivity index (χ3v) is 15.5. The van der Waals surface area contributed by atoms with E-state index < -0.39 is 97.2 Å². The number of hydrogen-bond donors (Lipinski definition) is 16. The first-order valence-electron chi connectivity index (χ1n) is 33.4. The van der Waals surface area contributed by atoms with Crippen molar-refractivity contribution < 1.29 is 185 Å². The Morgan fingerprint density at radius 3 is 0.484 bits per heavy atom. The van der Waals surface area contributed by atoms with E-state index in [1.54, 1.807) is 0 Å². The molecule has 16 aromatic rings. The van der Waals surface area contributed by atoms with Gasteiger partial charge in [-0.25, -0.2) is 78.2 Å². The summed E-state index contributed by atoms with van der Waals surface area (Å²) < 4.78 is 254. The summed E-state index contributed by atoms with van der Waals surface area (Å²) in [5.74, 6) is -16.6. The average molecular weight is 1840 g/mol. The van der Waals surface area contributed by atoms with E-state index in [2.05, 4.69) is 137 Å². The number of alkyl halides is 24. The van der Waals surface area contributed by atoms with E-state index in [0.717, 1.165) is 122 Å². The zero-order chi connectivity index (χ0) is 95.6. The lowest BCUT2D eigenvalue weighted by Gasteiger charge is -2.01. The van der Waals surface area contributed by atoms with Crippen LogP contribution in [-0.2, 0) is 38.4 Å². The van der Waals surface area contributed by atoms with Crippen molar-refractivity contribution in [3.63, 3.8) is 0 Å². The zero-order valence-corrected chi connectivity index (χ0v) is 61.5. The summed E-state index contributed by atoms with van der Waals surface area (Å²) in [7, 11) is 0. The summed E-state index contributed by atoms with van der Waals surface area (Å²) in [5, 5.41) is 57.0. The van der Waals surface area contributed by atoms with E-state index in [9.17, 15) is 105 Å². The fraction of sp³-hybridized carbons (Fsp3) is 0.111. The summed E-state index contributed by atoms with van der Waals surface area (Å²) in [4.78, 5) is 138. The molecule has 0 unspecified atom stereocenters. The molecule has 128 heavy (non-hydrogen) atoms. The van der Waals surface area contributed by atoms with Crippen molar-refractivity contribution in [2.45, 2.75) is 49.4 Å².